The second-order valence-corrected chi connectivity index (χ2v) is 6.08. The van der Waals surface area contributed by atoms with Crippen LogP contribution in [-0.4, -0.2) is 35.5 Å². The van der Waals surface area contributed by atoms with Gasteiger partial charge in [-0.25, -0.2) is 0 Å². The van der Waals surface area contributed by atoms with Crippen LogP contribution in [-0.2, 0) is 7.05 Å². The smallest absolute Gasteiger partial charge is 0.0714 e. The first kappa shape index (κ1) is 11.6. The minimum absolute atomic E-state index is 0.644. The fraction of sp³-hybridized carbons (Fsp3) is 0.500. The third-order valence-electron chi connectivity index (χ3n) is 4.51. The van der Waals surface area contributed by atoms with Gasteiger partial charge in [0, 0.05) is 42.3 Å². The van der Waals surface area contributed by atoms with E-state index >= 15 is 0 Å². The Bertz CT molecular complexity index is 624. The Balaban J connectivity index is 1.78. The normalized spacial score (nSPS) is 26.3. The Labute approximate surface area is 117 Å². The third-order valence-corrected chi connectivity index (χ3v) is 4.73. The molecular formula is C14H17ClN4. The quantitative estimate of drug-likeness (QED) is 0.865. The van der Waals surface area contributed by atoms with Crippen LogP contribution in [0.3, 0.4) is 0 Å². The molecule has 3 heterocycles. The fourth-order valence-corrected chi connectivity index (χ4v) is 3.71. The van der Waals surface area contributed by atoms with Gasteiger partial charge in [0.25, 0.3) is 0 Å². The Kier molecular flexibility index (Phi) is 2.50. The van der Waals surface area contributed by atoms with Crippen molar-refractivity contribution in [2.45, 2.75) is 12.5 Å². The van der Waals surface area contributed by atoms with Crippen LogP contribution in [0.5, 0.6) is 0 Å². The van der Waals surface area contributed by atoms with Crippen molar-refractivity contribution in [3.63, 3.8) is 0 Å². The van der Waals surface area contributed by atoms with Gasteiger partial charge in [-0.2, -0.15) is 5.10 Å². The van der Waals surface area contributed by atoms with Gasteiger partial charge in [-0.15, -0.1) is 0 Å². The number of nitrogens with one attached hydrogen (secondary N) is 1. The molecule has 2 aliphatic rings. The lowest BCUT2D eigenvalue weighted by Crippen LogP contribution is -2.30. The Morgan fingerprint density at radius 1 is 1.37 bits per heavy atom. The fourth-order valence-electron chi connectivity index (χ4n) is 3.50. The van der Waals surface area contributed by atoms with Crippen LogP contribution in [0.15, 0.2) is 18.3 Å². The molecule has 2 atom stereocenters. The molecule has 1 aromatic heterocycles. The molecule has 4 rings (SSSR count). The van der Waals surface area contributed by atoms with Crippen LogP contribution < -0.4 is 10.2 Å². The number of hydrogen-bond donors (Lipinski definition) is 1. The number of hydrogen-bond acceptors (Lipinski definition) is 3. The maximum absolute atomic E-state index is 6.27. The van der Waals surface area contributed by atoms with Crippen molar-refractivity contribution in [2.75, 3.05) is 24.5 Å². The minimum atomic E-state index is 0.644. The molecule has 1 N–H and O–H groups in total. The van der Waals surface area contributed by atoms with Crippen LogP contribution in [0.2, 0.25) is 5.02 Å². The molecule has 0 radical (unpaired) electrons. The number of benzene rings is 1. The van der Waals surface area contributed by atoms with Crippen molar-refractivity contribution >= 4 is 28.2 Å². The molecule has 2 aromatic rings. The predicted octanol–water partition coefficient (Wildman–Crippen LogP) is 2.02. The molecule has 0 aliphatic carbocycles. The van der Waals surface area contributed by atoms with Gasteiger partial charge in [0.05, 0.1) is 11.7 Å². The van der Waals surface area contributed by atoms with Gasteiger partial charge in [-0.1, -0.05) is 11.6 Å². The third kappa shape index (κ3) is 1.74. The van der Waals surface area contributed by atoms with Crippen LogP contribution >= 0.6 is 11.6 Å². The van der Waals surface area contributed by atoms with Crippen molar-refractivity contribution in [3.05, 3.63) is 23.4 Å². The summed E-state index contributed by atoms with van der Waals surface area (Å²) >= 11 is 6.27. The van der Waals surface area contributed by atoms with E-state index in [1.54, 1.807) is 0 Å². The molecule has 1 aromatic carbocycles. The summed E-state index contributed by atoms with van der Waals surface area (Å²) in [5.41, 5.74) is 2.33. The van der Waals surface area contributed by atoms with E-state index in [0.717, 1.165) is 29.5 Å². The Morgan fingerprint density at radius 2 is 2.26 bits per heavy atom. The van der Waals surface area contributed by atoms with Crippen molar-refractivity contribution in [1.29, 1.82) is 0 Å². The number of aromatic nitrogens is 2. The first-order valence-electron chi connectivity index (χ1n) is 6.82. The lowest BCUT2D eigenvalue weighted by Gasteiger charge is -2.21. The van der Waals surface area contributed by atoms with E-state index in [-0.39, 0.29) is 0 Å². The van der Waals surface area contributed by atoms with E-state index < -0.39 is 0 Å². The molecule has 2 fully saturated rings. The van der Waals surface area contributed by atoms with E-state index in [1.165, 1.54) is 24.0 Å². The molecule has 2 saturated heterocycles. The summed E-state index contributed by atoms with van der Waals surface area (Å²) in [5, 5.41) is 9.94. The first-order chi connectivity index (χ1) is 9.22. The molecule has 19 heavy (non-hydrogen) atoms. The van der Waals surface area contributed by atoms with Gasteiger partial charge < -0.3 is 10.2 Å². The topological polar surface area (TPSA) is 33.1 Å². The van der Waals surface area contributed by atoms with Gasteiger partial charge in [0.1, 0.15) is 0 Å². The van der Waals surface area contributed by atoms with Crippen molar-refractivity contribution in [2.24, 2.45) is 13.0 Å². The van der Waals surface area contributed by atoms with Crippen LogP contribution in [0.1, 0.15) is 6.42 Å². The molecular weight excluding hydrogens is 260 g/mol. The molecule has 0 bridgehead atoms. The number of anilines is 1. The zero-order chi connectivity index (χ0) is 13.0. The summed E-state index contributed by atoms with van der Waals surface area (Å²) in [5.74, 6) is 0.783. The van der Waals surface area contributed by atoms with E-state index in [9.17, 15) is 0 Å². The van der Waals surface area contributed by atoms with Gasteiger partial charge in [0.2, 0.25) is 0 Å². The van der Waals surface area contributed by atoms with Crippen LogP contribution in [0.25, 0.3) is 10.9 Å². The highest BCUT2D eigenvalue weighted by Gasteiger charge is 2.36. The summed E-state index contributed by atoms with van der Waals surface area (Å²) in [7, 11) is 1.96. The van der Waals surface area contributed by atoms with Crippen LogP contribution in [0, 0.1) is 5.92 Å². The van der Waals surface area contributed by atoms with E-state index in [0.29, 0.717) is 6.04 Å². The minimum Gasteiger partial charge on any atom is -0.369 e. The summed E-state index contributed by atoms with van der Waals surface area (Å²) in [4.78, 5) is 2.46. The summed E-state index contributed by atoms with van der Waals surface area (Å²) in [6, 6.07) is 4.71. The maximum atomic E-state index is 6.27. The largest absolute Gasteiger partial charge is 0.369 e. The zero-order valence-electron chi connectivity index (χ0n) is 10.9. The number of aryl methyl sites for hydroxylation is 1. The van der Waals surface area contributed by atoms with E-state index in [1.807, 2.05) is 24.0 Å². The average Bonchev–Trinajstić information content (AvgIpc) is 3.03. The highest BCUT2D eigenvalue weighted by Crippen LogP contribution is 2.35. The van der Waals surface area contributed by atoms with Crippen molar-refractivity contribution in [3.8, 4) is 0 Å². The van der Waals surface area contributed by atoms with Crippen LogP contribution in [0.4, 0.5) is 5.69 Å². The average molecular weight is 277 g/mol. The maximum Gasteiger partial charge on any atom is 0.0714 e. The van der Waals surface area contributed by atoms with E-state index in [2.05, 4.69) is 21.4 Å². The monoisotopic (exact) mass is 276 g/mol. The van der Waals surface area contributed by atoms with Crippen molar-refractivity contribution in [1.82, 2.24) is 15.1 Å². The number of halogens is 1. The highest BCUT2D eigenvalue weighted by molar-refractivity contribution is 6.31. The molecule has 0 spiro atoms. The molecule has 5 heteroatoms. The summed E-state index contributed by atoms with van der Waals surface area (Å²) in [6.45, 7) is 3.37. The van der Waals surface area contributed by atoms with Gasteiger partial charge >= 0.3 is 0 Å². The standard InChI is InChI=1S/C14H17ClN4/c1-18-13-4-10(15)5-14(11(13)6-17-18)19-7-9-2-3-16-12(9)8-19/h4-6,9,12,16H,2-3,7-8H2,1H3. The number of fused-ring (bicyclic) bond motifs is 2. The van der Waals surface area contributed by atoms with Gasteiger partial charge in [0.15, 0.2) is 0 Å². The number of rotatable bonds is 1. The Morgan fingerprint density at radius 3 is 3.11 bits per heavy atom. The second-order valence-electron chi connectivity index (χ2n) is 5.64. The number of nitrogens with zero attached hydrogens (tertiary/aromatic N) is 3. The lowest BCUT2D eigenvalue weighted by atomic mass is 10.1. The first-order valence-corrected chi connectivity index (χ1v) is 7.20. The van der Waals surface area contributed by atoms with Crippen molar-refractivity contribution < 1.29 is 0 Å². The molecule has 100 valence electrons. The molecule has 4 nitrogen and oxygen atoms in total. The highest BCUT2D eigenvalue weighted by atomic mass is 35.5. The summed E-state index contributed by atoms with van der Waals surface area (Å²) < 4.78 is 1.89. The molecule has 0 amide bonds. The molecule has 2 aliphatic heterocycles. The second kappa shape index (κ2) is 4.12. The summed E-state index contributed by atoms with van der Waals surface area (Å²) in [6.07, 6.45) is 3.24. The van der Waals surface area contributed by atoms with Gasteiger partial charge in [-0.05, 0) is 31.0 Å². The lowest BCUT2D eigenvalue weighted by molar-refractivity contribution is 0.556. The van der Waals surface area contributed by atoms with Gasteiger partial charge in [-0.3, -0.25) is 4.68 Å². The van der Waals surface area contributed by atoms with E-state index in [4.69, 9.17) is 11.6 Å². The Hall–Kier alpha value is -1.26. The zero-order valence-corrected chi connectivity index (χ0v) is 11.7. The SMILES string of the molecule is Cn1ncc2c(N3CC4CCNC4C3)cc(Cl)cc21. The predicted molar refractivity (Wildman–Crippen MR) is 77.8 cm³/mol. The molecule has 0 saturated carbocycles. The molecule has 2 unspecified atom stereocenters.